The minimum Gasteiger partial charge on any atom is -0.388 e. The summed E-state index contributed by atoms with van der Waals surface area (Å²) in [4.78, 5) is 17.7. The normalized spacial score (nSPS) is 26.3. The Morgan fingerprint density at radius 3 is 1.78 bits per heavy atom. The van der Waals surface area contributed by atoms with Crippen molar-refractivity contribution >= 4 is 6.03 Å². The lowest BCUT2D eigenvalue weighted by atomic mass is 9.91. The number of aliphatic hydroxyl groups excluding tert-OH is 2. The molecule has 1 heterocycles. The zero-order valence-electron chi connectivity index (χ0n) is 19.0. The van der Waals surface area contributed by atoms with Gasteiger partial charge >= 0.3 is 6.03 Å². The van der Waals surface area contributed by atoms with Gasteiger partial charge in [-0.3, -0.25) is 0 Å². The van der Waals surface area contributed by atoms with Gasteiger partial charge in [0.05, 0.1) is 12.1 Å². The first-order valence-corrected chi connectivity index (χ1v) is 12.1. The summed E-state index contributed by atoms with van der Waals surface area (Å²) in [5, 5.41) is 22.8. The quantitative estimate of drug-likeness (QED) is 0.627. The summed E-state index contributed by atoms with van der Waals surface area (Å²) >= 11 is 0. The first-order valence-electron chi connectivity index (χ1n) is 12.1. The van der Waals surface area contributed by atoms with Crippen LogP contribution >= 0.6 is 0 Å². The van der Waals surface area contributed by atoms with Crippen LogP contribution in [0.3, 0.4) is 0 Å². The van der Waals surface area contributed by atoms with Gasteiger partial charge in [-0.1, -0.05) is 74.0 Å². The van der Waals surface area contributed by atoms with Crippen LogP contribution in [0.5, 0.6) is 0 Å². The second-order valence-electron chi connectivity index (χ2n) is 9.42. The van der Waals surface area contributed by atoms with Crippen molar-refractivity contribution in [3.05, 3.63) is 71.8 Å². The van der Waals surface area contributed by atoms with Gasteiger partial charge in [0, 0.05) is 13.1 Å². The minimum absolute atomic E-state index is 0.0391. The molecule has 2 amide bonds. The Morgan fingerprint density at radius 2 is 1.31 bits per heavy atom. The third-order valence-electron chi connectivity index (χ3n) is 6.91. The first-order chi connectivity index (χ1) is 15.6. The van der Waals surface area contributed by atoms with Crippen molar-refractivity contribution < 1.29 is 15.0 Å². The van der Waals surface area contributed by atoms with E-state index >= 15 is 0 Å². The molecule has 4 atom stereocenters. The van der Waals surface area contributed by atoms with E-state index in [0.717, 1.165) is 36.8 Å². The molecule has 0 unspecified atom stereocenters. The molecule has 0 spiro atoms. The topological polar surface area (TPSA) is 64.0 Å². The predicted octanol–water partition coefficient (Wildman–Crippen LogP) is 3.88. The molecule has 2 fully saturated rings. The van der Waals surface area contributed by atoms with E-state index in [4.69, 9.17) is 0 Å². The molecular weight excluding hydrogens is 400 g/mol. The summed E-state index contributed by atoms with van der Waals surface area (Å²) in [5.74, 6) is 0.500. The van der Waals surface area contributed by atoms with Crippen molar-refractivity contribution in [1.82, 2.24) is 9.80 Å². The molecule has 1 saturated carbocycles. The molecule has 1 aliphatic heterocycles. The maximum absolute atomic E-state index is 13.9. The highest BCUT2D eigenvalue weighted by molar-refractivity contribution is 5.76. The second-order valence-corrected chi connectivity index (χ2v) is 9.42. The number of rotatable bonds is 9. The fraction of sp³-hybridized carbons (Fsp3) is 0.519. The van der Waals surface area contributed by atoms with Crippen LogP contribution in [0.15, 0.2) is 60.7 Å². The average molecular weight is 437 g/mol. The first kappa shape index (κ1) is 22.8. The molecule has 1 saturated heterocycles. The number of urea groups is 1. The summed E-state index contributed by atoms with van der Waals surface area (Å²) in [6, 6.07) is 19.0. The van der Waals surface area contributed by atoms with E-state index in [9.17, 15) is 15.0 Å². The molecule has 5 nitrogen and oxygen atoms in total. The van der Waals surface area contributed by atoms with Crippen molar-refractivity contribution in [1.29, 1.82) is 0 Å². The van der Waals surface area contributed by atoms with Crippen LogP contribution in [0.25, 0.3) is 0 Å². The molecule has 0 bridgehead atoms. The Bertz CT molecular complexity index is 856. The molecule has 32 heavy (non-hydrogen) atoms. The highest BCUT2D eigenvalue weighted by Crippen LogP contribution is 2.34. The molecule has 4 rings (SSSR count). The van der Waals surface area contributed by atoms with Gasteiger partial charge < -0.3 is 20.0 Å². The summed E-state index contributed by atoms with van der Waals surface area (Å²) in [6.07, 6.45) is 3.16. The van der Waals surface area contributed by atoms with Crippen molar-refractivity contribution in [3.8, 4) is 0 Å². The summed E-state index contributed by atoms with van der Waals surface area (Å²) in [6.45, 7) is 3.36. The Morgan fingerprint density at radius 1 is 0.812 bits per heavy atom. The van der Waals surface area contributed by atoms with Gasteiger partial charge in [0.1, 0.15) is 12.2 Å². The van der Waals surface area contributed by atoms with Crippen LogP contribution in [0, 0.1) is 5.92 Å². The largest absolute Gasteiger partial charge is 0.388 e. The molecule has 2 aromatic rings. The summed E-state index contributed by atoms with van der Waals surface area (Å²) < 4.78 is 0. The second kappa shape index (κ2) is 10.5. The summed E-state index contributed by atoms with van der Waals surface area (Å²) in [7, 11) is 0. The third kappa shape index (κ3) is 5.33. The fourth-order valence-corrected chi connectivity index (χ4v) is 4.83. The van der Waals surface area contributed by atoms with Crippen molar-refractivity contribution in [2.45, 2.75) is 69.7 Å². The molecule has 1 aliphatic carbocycles. The number of benzene rings is 2. The smallest absolute Gasteiger partial charge is 0.320 e. The van der Waals surface area contributed by atoms with Crippen LogP contribution in [-0.2, 0) is 12.8 Å². The average Bonchev–Trinajstić information content (AvgIpc) is 3.65. The Balaban J connectivity index is 1.68. The molecule has 2 aliphatic rings. The van der Waals surface area contributed by atoms with E-state index in [1.807, 2.05) is 70.5 Å². The van der Waals surface area contributed by atoms with Crippen molar-refractivity contribution in [3.63, 3.8) is 0 Å². The van der Waals surface area contributed by atoms with Gasteiger partial charge in [-0.15, -0.1) is 0 Å². The predicted molar refractivity (Wildman–Crippen MR) is 126 cm³/mol. The monoisotopic (exact) mass is 436 g/mol. The van der Waals surface area contributed by atoms with Crippen molar-refractivity contribution in [2.75, 3.05) is 13.1 Å². The number of hydrogen-bond acceptors (Lipinski definition) is 3. The lowest BCUT2D eigenvalue weighted by Gasteiger charge is -2.35. The number of unbranched alkanes of at least 4 members (excludes halogenated alkanes) is 1. The SMILES string of the molecule is CCCCN1C(=O)N(CC2CC2)[C@H](Cc2ccccc2)[C@H](O)[C@@H](O)[C@H]1Cc1ccccc1. The van der Waals surface area contributed by atoms with E-state index in [1.54, 1.807) is 0 Å². The number of aliphatic hydroxyl groups is 2. The van der Waals surface area contributed by atoms with Gasteiger partial charge in [0.25, 0.3) is 0 Å². The van der Waals surface area contributed by atoms with Crippen LogP contribution in [0.4, 0.5) is 4.79 Å². The zero-order chi connectivity index (χ0) is 22.5. The third-order valence-corrected chi connectivity index (χ3v) is 6.91. The molecular formula is C27H36N2O3. The van der Waals surface area contributed by atoms with E-state index in [2.05, 4.69) is 6.92 Å². The Hall–Kier alpha value is -2.37. The number of amides is 2. The van der Waals surface area contributed by atoms with Crippen LogP contribution < -0.4 is 0 Å². The number of nitrogens with zero attached hydrogens (tertiary/aromatic N) is 2. The Labute approximate surface area is 191 Å². The molecule has 2 N–H and O–H groups in total. The maximum atomic E-state index is 13.9. The van der Waals surface area contributed by atoms with Gasteiger partial charge in [-0.2, -0.15) is 0 Å². The lowest BCUT2D eigenvalue weighted by molar-refractivity contribution is -0.0398. The fourth-order valence-electron chi connectivity index (χ4n) is 4.83. The standard InChI is InChI=1S/C27H36N2O3/c1-2-3-16-28-23(17-20-10-6-4-7-11-20)25(30)26(31)24(18-21-12-8-5-9-13-21)29(27(28)32)19-22-14-15-22/h4-13,22-26,30-31H,2-3,14-19H2,1H3/t23-,24-,25+,26+/m1/s1. The molecule has 172 valence electrons. The zero-order valence-corrected chi connectivity index (χ0v) is 19.0. The highest BCUT2D eigenvalue weighted by atomic mass is 16.3. The van der Waals surface area contributed by atoms with E-state index in [1.165, 1.54) is 0 Å². The maximum Gasteiger partial charge on any atom is 0.320 e. The summed E-state index contributed by atoms with van der Waals surface area (Å²) in [5.41, 5.74) is 2.13. The van der Waals surface area contributed by atoms with Crippen LogP contribution in [-0.4, -0.2) is 63.4 Å². The highest BCUT2D eigenvalue weighted by Gasteiger charge is 2.47. The van der Waals surface area contributed by atoms with Crippen LogP contribution in [0.1, 0.15) is 43.7 Å². The van der Waals surface area contributed by atoms with Gasteiger partial charge in [-0.05, 0) is 49.1 Å². The van der Waals surface area contributed by atoms with Crippen LogP contribution in [0.2, 0.25) is 0 Å². The van der Waals surface area contributed by atoms with Crippen molar-refractivity contribution in [2.24, 2.45) is 5.92 Å². The van der Waals surface area contributed by atoms with Gasteiger partial charge in [0.15, 0.2) is 0 Å². The molecule has 0 aromatic heterocycles. The molecule has 2 aromatic carbocycles. The van der Waals surface area contributed by atoms with E-state index in [0.29, 0.717) is 31.8 Å². The van der Waals surface area contributed by atoms with Gasteiger partial charge in [-0.25, -0.2) is 4.79 Å². The number of carbonyl (C=O) groups is 1. The lowest BCUT2D eigenvalue weighted by Crippen LogP contribution is -2.51. The Kier molecular flexibility index (Phi) is 7.48. The number of carbonyl (C=O) groups excluding carboxylic acids is 1. The van der Waals surface area contributed by atoms with E-state index < -0.39 is 24.3 Å². The number of hydrogen-bond donors (Lipinski definition) is 2. The molecule has 0 radical (unpaired) electrons. The van der Waals surface area contributed by atoms with E-state index in [-0.39, 0.29) is 6.03 Å². The molecule has 5 heteroatoms. The van der Waals surface area contributed by atoms with Gasteiger partial charge in [0.2, 0.25) is 0 Å². The minimum atomic E-state index is -1.01.